The van der Waals surface area contributed by atoms with Gasteiger partial charge in [0.05, 0.1) is 11.0 Å². The van der Waals surface area contributed by atoms with E-state index in [1.807, 2.05) is 66.5 Å². The topological polar surface area (TPSA) is 50.2 Å². The second kappa shape index (κ2) is 6.00. The summed E-state index contributed by atoms with van der Waals surface area (Å²) in [5.74, 6) is 0.844. The van der Waals surface area contributed by atoms with Gasteiger partial charge in [0.25, 0.3) is 0 Å². The molecule has 1 unspecified atom stereocenters. The molecule has 2 aromatic carbocycles. The summed E-state index contributed by atoms with van der Waals surface area (Å²) >= 11 is 0. The molecular weight excluding hydrogens is 300 g/mol. The van der Waals surface area contributed by atoms with E-state index in [0.29, 0.717) is 0 Å². The van der Waals surface area contributed by atoms with Crippen LogP contribution in [-0.2, 0) is 7.05 Å². The van der Waals surface area contributed by atoms with Gasteiger partial charge in [0, 0.05) is 20.1 Å². The lowest BCUT2D eigenvalue weighted by Crippen LogP contribution is -2.49. The van der Waals surface area contributed by atoms with Gasteiger partial charge in [-0.1, -0.05) is 42.5 Å². The molecule has 0 spiro atoms. The number of rotatable bonds is 3. The number of benzene rings is 2. The van der Waals surface area contributed by atoms with E-state index in [0.717, 1.165) is 41.9 Å². The highest BCUT2D eigenvalue weighted by atomic mass is 16.2. The van der Waals surface area contributed by atoms with Crippen LogP contribution < -0.4 is 5.32 Å². The Morgan fingerprint density at radius 2 is 1.79 bits per heavy atom. The first kappa shape index (κ1) is 14.8. The molecule has 3 aromatic rings. The number of para-hydroxylation sites is 2. The first-order chi connectivity index (χ1) is 11.7. The van der Waals surface area contributed by atoms with Gasteiger partial charge in [-0.3, -0.25) is 0 Å². The van der Waals surface area contributed by atoms with Crippen molar-refractivity contribution >= 4 is 17.1 Å². The number of aryl methyl sites for hydroxylation is 1. The zero-order valence-corrected chi connectivity index (χ0v) is 13.6. The van der Waals surface area contributed by atoms with Crippen molar-refractivity contribution in [2.75, 3.05) is 13.1 Å². The van der Waals surface area contributed by atoms with E-state index in [1.54, 1.807) is 0 Å². The Morgan fingerprint density at radius 3 is 2.46 bits per heavy atom. The molecule has 2 heterocycles. The highest BCUT2D eigenvalue weighted by Crippen LogP contribution is 2.25. The van der Waals surface area contributed by atoms with Crippen LogP contribution in [0, 0.1) is 0 Å². The fourth-order valence-corrected chi connectivity index (χ4v) is 3.10. The molecular formula is C19H20N4O. The van der Waals surface area contributed by atoms with E-state index in [4.69, 9.17) is 4.98 Å². The van der Waals surface area contributed by atoms with Gasteiger partial charge in [0.15, 0.2) is 0 Å². The van der Waals surface area contributed by atoms with E-state index < -0.39 is 0 Å². The van der Waals surface area contributed by atoms with Crippen molar-refractivity contribution in [3.63, 3.8) is 0 Å². The molecule has 5 heteroatoms. The lowest BCUT2D eigenvalue weighted by atomic mass is 10.1. The number of hydrogen-bond acceptors (Lipinski definition) is 2. The Morgan fingerprint density at radius 1 is 1.08 bits per heavy atom. The van der Waals surface area contributed by atoms with Crippen LogP contribution in [0.4, 0.5) is 4.79 Å². The van der Waals surface area contributed by atoms with Crippen LogP contribution in [0.2, 0.25) is 0 Å². The van der Waals surface area contributed by atoms with Crippen LogP contribution in [0.25, 0.3) is 11.0 Å². The molecule has 1 aromatic heterocycles. The number of nitrogens with zero attached hydrogens (tertiary/aromatic N) is 3. The van der Waals surface area contributed by atoms with Gasteiger partial charge in [-0.25, -0.2) is 9.78 Å². The maximum atomic E-state index is 12.5. The number of carbonyl (C=O) groups is 1. The van der Waals surface area contributed by atoms with Gasteiger partial charge in [-0.05, 0) is 24.1 Å². The molecule has 24 heavy (non-hydrogen) atoms. The van der Waals surface area contributed by atoms with Crippen molar-refractivity contribution < 1.29 is 4.79 Å². The van der Waals surface area contributed by atoms with E-state index in [1.165, 1.54) is 0 Å². The SMILES string of the molecule is Cn1c(C(NC(=O)N2CCC2)c2ccccc2)nc2ccccc21. The lowest BCUT2D eigenvalue weighted by Gasteiger charge is -2.32. The molecule has 1 aliphatic rings. The van der Waals surface area contributed by atoms with Gasteiger partial charge in [-0.15, -0.1) is 0 Å². The summed E-state index contributed by atoms with van der Waals surface area (Å²) in [6.07, 6.45) is 1.08. The minimum Gasteiger partial charge on any atom is -0.329 e. The van der Waals surface area contributed by atoms with Crippen molar-refractivity contribution in [2.24, 2.45) is 7.05 Å². The molecule has 1 aliphatic heterocycles. The van der Waals surface area contributed by atoms with Crippen LogP contribution in [0.15, 0.2) is 54.6 Å². The molecule has 122 valence electrons. The van der Waals surface area contributed by atoms with Crippen LogP contribution >= 0.6 is 0 Å². The Balaban J connectivity index is 1.76. The predicted octanol–water partition coefficient (Wildman–Crippen LogP) is 3.08. The molecule has 1 atom stereocenters. The van der Waals surface area contributed by atoms with Gasteiger partial charge in [0.1, 0.15) is 11.9 Å². The van der Waals surface area contributed by atoms with Gasteiger partial charge < -0.3 is 14.8 Å². The first-order valence-corrected chi connectivity index (χ1v) is 8.26. The van der Waals surface area contributed by atoms with E-state index >= 15 is 0 Å². The summed E-state index contributed by atoms with van der Waals surface area (Å²) in [6.45, 7) is 1.66. The van der Waals surface area contributed by atoms with Crippen LogP contribution in [0.5, 0.6) is 0 Å². The third-order valence-corrected chi connectivity index (χ3v) is 4.62. The van der Waals surface area contributed by atoms with Crippen molar-refractivity contribution in [3.05, 3.63) is 66.0 Å². The van der Waals surface area contributed by atoms with E-state index in [9.17, 15) is 4.79 Å². The van der Waals surface area contributed by atoms with Crippen molar-refractivity contribution in [3.8, 4) is 0 Å². The standard InChI is InChI=1S/C19H20N4O/c1-22-16-11-6-5-10-15(16)20-18(22)17(14-8-3-2-4-9-14)21-19(24)23-12-7-13-23/h2-6,8-11,17H,7,12-13H2,1H3,(H,21,24). The van der Waals surface area contributed by atoms with Crippen LogP contribution in [-0.4, -0.2) is 33.6 Å². The molecule has 4 rings (SSSR count). The number of hydrogen-bond donors (Lipinski definition) is 1. The zero-order valence-electron chi connectivity index (χ0n) is 13.6. The molecule has 5 nitrogen and oxygen atoms in total. The highest BCUT2D eigenvalue weighted by Gasteiger charge is 2.27. The summed E-state index contributed by atoms with van der Waals surface area (Å²) < 4.78 is 2.06. The average Bonchev–Trinajstić information content (AvgIpc) is 2.89. The minimum atomic E-state index is -0.267. The molecule has 0 saturated carbocycles. The fraction of sp³-hybridized carbons (Fsp3) is 0.263. The van der Waals surface area contributed by atoms with Gasteiger partial charge in [-0.2, -0.15) is 0 Å². The number of imidazole rings is 1. The molecule has 0 aliphatic carbocycles. The summed E-state index contributed by atoms with van der Waals surface area (Å²) in [4.78, 5) is 19.1. The number of nitrogens with one attached hydrogen (secondary N) is 1. The summed E-state index contributed by atoms with van der Waals surface area (Å²) in [6, 6.07) is 17.7. The maximum absolute atomic E-state index is 12.5. The molecule has 1 saturated heterocycles. The largest absolute Gasteiger partial charge is 0.329 e. The third-order valence-electron chi connectivity index (χ3n) is 4.62. The quantitative estimate of drug-likeness (QED) is 0.806. The highest BCUT2D eigenvalue weighted by molar-refractivity contribution is 5.78. The smallest absolute Gasteiger partial charge is 0.318 e. The van der Waals surface area contributed by atoms with Gasteiger partial charge >= 0.3 is 6.03 Å². The molecule has 0 bridgehead atoms. The van der Waals surface area contributed by atoms with E-state index in [-0.39, 0.29) is 12.1 Å². The van der Waals surface area contributed by atoms with Crippen molar-refractivity contribution in [1.82, 2.24) is 19.8 Å². The summed E-state index contributed by atoms with van der Waals surface area (Å²) in [5.41, 5.74) is 3.03. The van der Waals surface area contributed by atoms with Crippen LogP contribution in [0.1, 0.15) is 23.9 Å². The Bertz CT molecular complexity index is 867. The fourth-order valence-electron chi connectivity index (χ4n) is 3.10. The van der Waals surface area contributed by atoms with Gasteiger partial charge in [0.2, 0.25) is 0 Å². The number of urea groups is 1. The third kappa shape index (κ3) is 2.52. The Hall–Kier alpha value is -2.82. The summed E-state index contributed by atoms with van der Waals surface area (Å²) in [7, 11) is 2.00. The number of fused-ring (bicyclic) bond motifs is 1. The molecule has 0 radical (unpaired) electrons. The first-order valence-electron chi connectivity index (χ1n) is 8.26. The normalized spacial score (nSPS) is 15.1. The second-order valence-corrected chi connectivity index (χ2v) is 6.15. The Labute approximate surface area is 140 Å². The van der Waals surface area contributed by atoms with Crippen LogP contribution in [0.3, 0.4) is 0 Å². The summed E-state index contributed by atoms with van der Waals surface area (Å²) in [5, 5.41) is 3.16. The predicted molar refractivity (Wildman–Crippen MR) is 93.7 cm³/mol. The number of carbonyl (C=O) groups excluding carboxylic acids is 1. The van der Waals surface area contributed by atoms with Crippen molar-refractivity contribution in [2.45, 2.75) is 12.5 Å². The molecule has 1 N–H and O–H groups in total. The lowest BCUT2D eigenvalue weighted by molar-refractivity contribution is 0.165. The zero-order chi connectivity index (χ0) is 16.5. The average molecular weight is 320 g/mol. The molecule has 1 fully saturated rings. The van der Waals surface area contributed by atoms with E-state index in [2.05, 4.69) is 9.88 Å². The second-order valence-electron chi connectivity index (χ2n) is 6.15. The number of amides is 2. The molecule has 2 amide bonds. The number of likely N-dealkylation sites (tertiary alicyclic amines) is 1. The van der Waals surface area contributed by atoms with Crippen molar-refractivity contribution in [1.29, 1.82) is 0 Å². The minimum absolute atomic E-state index is 0.0258. The Kier molecular flexibility index (Phi) is 3.69. The monoisotopic (exact) mass is 320 g/mol. The number of aromatic nitrogens is 2. The maximum Gasteiger partial charge on any atom is 0.318 e.